The van der Waals surface area contributed by atoms with Gasteiger partial charge >= 0.3 is 0 Å². The van der Waals surface area contributed by atoms with E-state index in [1.54, 1.807) is 11.3 Å². The molecule has 0 radical (unpaired) electrons. The standard InChI is InChI=1S/C10H15N3OS/c1-2-14-7-8(11)5-9-6-13-3-4-15-10(13)12-9/h3-4,6,8H,2,5,7,11H2,1H3. The normalized spacial score (nSPS) is 13.5. The summed E-state index contributed by atoms with van der Waals surface area (Å²) in [5.41, 5.74) is 6.95. The van der Waals surface area contributed by atoms with Crippen LogP contribution in [-0.2, 0) is 11.2 Å². The molecular weight excluding hydrogens is 210 g/mol. The molecule has 2 N–H and O–H groups in total. The maximum Gasteiger partial charge on any atom is 0.193 e. The summed E-state index contributed by atoms with van der Waals surface area (Å²) in [4.78, 5) is 5.49. The average molecular weight is 225 g/mol. The van der Waals surface area contributed by atoms with Gasteiger partial charge in [-0.25, -0.2) is 4.98 Å². The van der Waals surface area contributed by atoms with Crippen LogP contribution in [0.25, 0.3) is 4.96 Å². The third kappa shape index (κ3) is 2.56. The van der Waals surface area contributed by atoms with E-state index in [1.165, 1.54) is 0 Å². The number of hydrogen-bond donors (Lipinski definition) is 1. The van der Waals surface area contributed by atoms with Crippen LogP contribution in [0.1, 0.15) is 12.6 Å². The highest BCUT2D eigenvalue weighted by Crippen LogP contribution is 2.12. The number of nitrogens with zero attached hydrogens (tertiary/aromatic N) is 2. The fourth-order valence-corrected chi connectivity index (χ4v) is 2.19. The molecule has 0 spiro atoms. The number of aromatic nitrogens is 2. The van der Waals surface area contributed by atoms with Gasteiger partial charge < -0.3 is 10.5 Å². The molecule has 0 amide bonds. The van der Waals surface area contributed by atoms with Crippen molar-refractivity contribution in [1.29, 1.82) is 0 Å². The highest BCUT2D eigenvalue weighted by atomic mass is 32.1. The summed E-state index contributed by atoms with van der Waals surface area (Å²) in [6, 6.07) is 0.0366. The second kappa shape index (κ2) is 4.74. The summed E-state index contributed by atoms with van der Waals surface area (Å²) >= 11 is 1.63. The molecule has 0 aromatic carbocycles. The fourth-order valence-electron chi connectivity index (χ4n) is 1.47. The maximum atomic E-state index is 5.91. The smallest absolute Gasteiger partial charge is 0.193 e. The molecule has 1 atom stereocenters. The van der Waals surface area contributed by atoms with Crippen LogP contribution in [0.2, 0.25) is 0 Å². The molecule has 2 aromatic rings. The minimum absolute atomic E-state index is 0.0366. The predicted octanol–water partition coefficient (Wildman–Crippen LogP) is 1.30. The zero-order chi connectivity index (χ0) is 10.7. The number of nitrogens with two attached hydrogens (primary N) is 1. The molecule has 5 heteroatoms. The molecule has 15 heavy (non-hydrogen) atoms. The first-order valence-electron chi connectivity index (χ1n) is 5.04. The van der Waals surface area contributed by atoms with Crippen LogP contribution in [0.5, 0.6) is 0 Å². The lowest BCUT2D eigenvalue weighted by atomic mass is 10.2. The van der Waals surface area contributed by atoms with E-state index >= 15 is 0 Å². The molecule has 82 valence electrons. The van der Waals surface area contributed by atoms with Gasteiger partial charge in [-0.3, -0.25) is 4.40 Å². The Bertz CT molecular complexity index is 394. The highest BCUT2D eigenvalue weighted by Gasteiger charge is 2.08. The van der Waals surface area contributed by atoms with Crippen LogP contribution in [0.4, 0.5) is 0 Å². The van der Waals surface area contributed by atoms with E-state index in [0.717, 1.165) is 17.1 Å². The van der Waals surface area contributed by atoms with Crippen LogP contribution < -0.4 is 5.73 Å². The molecule has 0 fully saturated rings. The van der Waals surface area contributed by atoms with Gasteiger partial charge in [0.2, 0.25) is 0 Å². The average Bonchev–Trinajstić information content (AvgIpc) is 2.74. The van der Waals surface area contributed by atoms with E-state index in [9.17, 15) is 0 Å². The van der Waals surface area contributed by atoms with E-state index in [0.29, 0.717) is 13.2 Å². The Morgan fingerprint density at radius 3 is 3.27 bits per heavy atom. The predicted molar refractivity (Wildman–Crippen MR) is 61.2 cm³/mol. The van der Waals surface area contributed by atoms with E-state index in [2.05, 4.69) is 4.98 Å². The van der Waals surface area contributed by atoms with Crippen LogP contribution in [0.15, 0.2) is 17.8 Å². The Hall–Kier alpha value is -0.910. The van der Waals surface area contributed by atoms with Gasteiger partial charge in [0.1, 0.15) is 0 Å². The summed E-state index contributed by atoms with van der Waals surface area (Å²) in [6.07, 6.45) is 4.80. The van der Waals surface area contributed by atoms with Gasteiger partial charge in [-0.05, 0) is 6.92 Å². The lowest BCUT2D eigenvalue weighted by Gasteiger charge is -2.08. The van der Waals surface area contributed by atoms with Crippen molar-refractivity contribution in [3.05, 3.63) is 23.5 Å². The third-order valence-electron chi connectivity index (χ3n) is 2.15. The number of imidazole rings is 1. The van der Waals surface area contributed by atoms with Crippen molar-refractivity contribution in [2.45, 2.75) is 19.4 Å². The SMILES string of the molecule is CCOCC(N)Cc1cn2ccsc2n1. The molecule has 0 aliphatic rings. The van der Waals surface area contributed by atoms with Crippen LogP contribution >= 0.6 is 11.3 Å². The molecule has 1 unspecified atom stereocenters. The molecule has 0 aliphatic carbocycles. The van der Waals surface area contributed by atoms with Crippen molar-refractivity contribution in [2.24, 2.45) is 5.73 Å². The van der Waals surface area contributed by atoms with Crippen molar-refractivity contribution in [3.63, 3.8) is 0 Å². The molecule has 2 rings (SSSR count). The minimum atomic E-state index is 0.0366. The van der Waals surface area contributed by atoms with Crippen LogP contribution in [0, 0.1) is 0 Å². The molecule has 0 bridgehead atoms. The van der Waals surface area contributed by atoms with Crippen molar-refractivity contribution in [1.82, 2.24) is 9.38 Å². The Labute approximate surface area is 92.7 Å². The first-order chi connectivity index (χ1) is 7.29. The zero-order valence-electron chi connectivity index (χ0n) is 8.72. The first kappa shape index (κ1) is 10.6. The van der Waals surface area contributed by atoms with E-state index in [1.807, 2.05) is 29.1 Å². The van der Waals surface area contributed by atoms with Gasteiger partial charge in [0, 0.05) is 36.8 Å². The van der Waals surface area contributed by atoms with Crippen molar-refractivity contribution in [2.75, 3.05) is 13.2 Å². The van der Waals surface area contributed by atoms with Crippen LogP contribution in [0.3, 0.4) is 0 Å². The number of rotatable bonds is 5. The number of thiazole rings is 1. The Kier molecular flexibility index (Phi) is 3.35. The van der Waals surface area contributed by atoms with Crippen LogP contribution in [-0.4, -0.2) is 28.6 Å². The summed E-state index contributed by atoms with van der Waals surface area (Å²) < 4.78 is 7.29. The first-order valence-corrected chi connectivity index (χ1v) is 5.92. The van der Waals surface area contributed by atoms with Gasteiger partial charge in [-0.2, -0.15) is 0 Å². The lowest BCUT2D eigenvalue weighted by Crippen LogP contribution is -2.28. The topological polar surface area (TPSA) is 52.5 Å². The molecule has 0 saturated heterocycles. The monoisotopic (exact) mass is 225 g/mol. The Morgan fingerprint density at radius 2 is 2.53 bits per heavy atom. The second-order valence-electron chi connectivity index (χ2n) is 3.45. The lowest BCUT2D eigenvalue weighted by molar-refractivity contribution is 0.133. The molecule has 2 heterocycles. The summed E-state index contributed by atoms with van der Waals surface area (Å²) in [7, 11) is 0. The molecule has 2 aromatic heterocycles. The van der Waals surface area contributed by atoms with Crippen molar-refractivity contribution >= 4 is 16.3 Å². The molecule has 4 nitrogen and oxygen atoms in total. The summed E-state index contributed by atoms with van der Waals surface area (Å²) in [5, 5.41) is 2.02. The third-order valence-corrected chi connectivity index (χ3v) is 2.92. The van der Waals surface area contributed by atoms with E-state index < -0.39 is 0 Å². The Morgan fingerprint density at radius 1 is 1.67 bits per heavy atom. The maximum absolute atomic E-state index is 5.91. The van der Waals surface area contributed by atoms with Gasteiger partial charge in [-0.1, -0.05) is 0 Å². The largest absolute Gasteiger partial charge is 0.380 e. The summed E-state index contributed by atoms with van der Waals surface area (Å²) in [5.74, 6) is 0. The van der Waals surface area contributed by atoms with Gasteiger partial charge in [0.05, 0.1) is 12.3 Å². The number of ether oxygens (including phenoxy) is 1. The quantitative estimate of drug-likeness (QED) is 0.834. The molecular formula is C10H15N3OS. The van der Waals surface area contributed by atoms with E-state index in [4.69, 9.17) is 10.5 Å². The number of fused-ring (bicyclic) bond motifs is 1. The van der Waals surface area contributed by atoms with Gasteiger partial charge in [-0.15, -0.1) is 11.3 Å². The van der Waals surface area contributed by atoms with E-state index in [-0.39, 0.29) is 6.04 Å². The van der Waals surface area contributed by atoms with Gasteiger partial charge in [0.15, 0.2) is 4.96 Å². The fraction of sp³-hybridized carbons (Fsp3) is 0.500. The van der Waals surface area contributed by atoms with Crippen molar-refractivity contribution in [3.8, 4) is 0 Å². The molecule has 0 saturated carbocycles. The molecule has 0 aliphatic heterocycles. The number of hydrogen-bond acceptors (Lipinski definition) is 4. The van der Waals surface area contributed by atoms with Crippen molar-refractivity contribution < 1.29 is 4.74 Å². The summed E-state index contributed by atoms with van der Waals surface area (Å²) in [6.45, 7) is 3.28. The highest BCUT2D eigenvalue weighted by molar-refractivity contribution is 7.15. The van der Waals surface area contributed by atoms with Gasteiger partial charge in [0.25, 0.3) is 0 Å². The Balaban J connectivity index is 1.96. The second-order valence-corrected chi connectivity index (χ2v) is 4.32. The minimum Gasteiger partial charge on any atom is -0.380 e. The zero-order valence-corrected chi connectivity index (χ0v) is 9.54.